The fourth-order valence-corrected chi connectivity index (χ4v) is 6.22. The summed E-state index contributed by atoms with van der Waals surface area (Å²) < 4.78 is 50.4. The molecule has 0 spiro atoms. The zero-order valence-corrected chi connectivity index (χ0v) is 17.9. The van der Waals surface area contributed by atoms with Gasteiger partial charge in [-0.2, -0.15) is 0 Å². The monoisotopic (exact) mass is 436 g/mol. The molecule has 1 aliphatic rings. The Morgan fingerprint density at radius 3 is 2.21 bits per heavy atom. The van der Waals surface area contributed by atoms with Crippen molar-refractivity contribution in [3.63, 3.8) is 0 Å². The number of hydrogen-bond donors (Lipinski definition) is 2. The van der Waals surface area contributed by atoms with E-state index in [4.69, 9.17) is 0 Å². The Bertz CT molecular complexity index is 1090. The zero-order valence-electron chi connectivity index (χ0n) is 16.3. The van der Waals surface area contributed by atoms with E-state index in [1.165, 1.54) is 24.3 Å². The van der Waals surface area contributed by atoms with Crippen LogP contribution in [0.25, 0.3) is 0 Å². The van der Waals surface area contributed by atoms with E-state index in [2.05, 4.69) is 10.0 Å². The molecule has 2 N–H and O–H groups in total. The van der Waals surface area contributed by atoms with Crippen LogP contribution in [0, 0.1) is 0 Å². The highest BCUT2D eigenvalue weighted by Gasteiger charge is 2.32. The van der Waals surface area contributed by atoms with Gasteiger partial charge in [-0.15, -0.1) is 0 Å². The van der Waals surface area contributed by atoms with Crippen LogP contribution in [0.5, 0.6) is 0 Å². The van der Waals surface area contributed by atoms with Gasteiger partial charge in [-0.25, -0.2) is 21.6 Å². The van der Waals surface area contributed by atoms with Gasteiger partial charge in [0.05, 0.1) is 21.8 Å². The number of benzene rings is 2. The molecule has 29 heavy (non-hydrogen) atoms. The third kappa shape index (κ3) is 5.04. The molecule has 1 amide bonds. The summed E-state index contributed by atoms with van der Waals surface area (Å²) in [4.78, 5) is 12.7. The third-order valence-corrected chi connectivity index (χ3v) is 8.34. The fourth-order valence-electron chi connectivity index (χ4n) is 3.17. The second kappa shape index (κ2) is 7.89. The summed E-state index contributed by atoms with van der Waals surface area (Å²) in [6, 6.07) is 14.6. The van der Waals surface area contributed by atoms with Crippen LogP contribution in [0.4, 0.5) is 5.69 Å². The van der Waals surface area contributed by atoms with Gasteiger partial charge >= 0.3 is 0 Å². The molecular weight excluding hydrogens is 412 g/mol. The molecule has 1 fully saturated rings. The Hall–Kier alpha value is -2.23. The van der Waals surface area contributed by atoms with Gasteiger partial charge in [0.15, 0.2) is 9.84 Å². The van der Waals surface area contributed by atoms with Gasteiger partial charge in [-0.3, -0.25) is 4.79 Å². The Morgan fingerprint density at radius 1 is 1.03 bits per heavy atom. The number of rotatable bonds is 6. The summed E-state index contributed by atoms with van der Waals surface area (Å²) in [5.74, 6) is -0.411. The minimum absolute atomic E-state index is 0.0116. The van der Waals surface area contributed by atoms with E-state index in [1.54, 1.807) is 0 Å². The molecule has 156 valence electrons. The van der Waals surface area contributed by atoms with Gasteiger partial charge in [0, 0.05) is 11.7 Å². The molecule has 2 aromatic carbocycles. The van der Waals surface area contributed by atoms with Gasteiger partial charge in [-0.1, -0.05) is 30.3 Å². The molecular formula is C20H24N2O5S2. The Morgan fingerprint density at radius 2 is 1.66 bits per heavy atom. The molecule has 0 aliphatic carbocycles. The lowest BCUT2D eigenvalue weighted by atomic mass is 9.83. The van der Waals surface area contributed by atoms with Crippen molar-refractivity contribution in [3.8, 4) is 0 Å². The third-order valence-electron chi connectivity index (χ3n) is 5.04. The standard InChI is InChI=1S/C20H24N2O5S2/c1-20(2,15-6-4-3-5-7-15)19(23)21-16-8-10-18(11-9-16)29(26,27)22-17-12-13-28(24,25)14-17/h3-11,17,22H,12-14H2,1-2H3,(H,21,23)/t17-/m0/s1. The summed E-state index contributed by atoms with van der Waals surface area (Å²) in [6.07, 6.45) is 0.268. The first kappa shape index (κ1) is 21.5. The number of sulfone groups is 1. The number of anilines is 1. The quantitative estimate of drug-likeness (QED) is 0.720. The lowest BCUT2D eigenvalue weighted by Crippen LogP contribution is -2.35. The summed E-state index contributed by atoms with van der Waals surface area (Å²) >= 11 is 0. The van der Waals surface area contributed by atoms with E-state index in [0.717, 1.165) is 5.56 Å². The van der Waals surface area contributed by atoms with Gasteiger partial charge in [0.2, 0.25) is 15.9 Å². The van der Waals surface area contributed by atoms with Crippen LogP contribution in [0.15, 0.2) is 59.5 Å². The number of carbonyl (C=O) groups is 1. The molecule has 3 rings (SSSR count). The summed E-state index contributed by atoms with van der Waals surface area (Å²) in [6.45, 7) is 3.63. The van der Waals surface area contributed by atoms with Crippen molar-refractivity contribution in [2.24, 2.45) is 0 Å². The highest BCUT2D eigenvalue weighted by Crippen LogP contribution is 2.25. The molecule has 7 nitrogen and oxygen atoms in total. The van der Waals surface area contributed by atoms with E-state index in [9.17, 15) is 21.6 Å². The number of sulfonamides is 1. The van der Waals surface area contributed by atoms with E-state index >= 15 is 0 Å². The predicted molar refractivity (Wildman–Crippen MR) is 112 cm³/mol. The molecule has 0 radical (unpaired) electrons. The molecule has 0 unspecified atom stereocenters. The smallest absolute Gasteiger partial charge is 0.240 e. The minimum Gasteiger partial charge on any atom is -0.325 e. The van der Waals surface area contributed by atoms with Crippen molar-refractivity contribution in [2.45, 2.75) is 36.6 Å². The second-order valence-corrected chi connectivity index (χ2v) is 11.6. The molecule has 9 heteroatoms. The van der Waals surface area contributed by atoms with Crippen LogP contribution in [0.2, 0.25) is 0 Å². The molecule has 1 saturated heterocycles. The van der Waals surface area contributed by atoms with Crippen molar-refractivity contribution < 1.29 is 21.6 Å². The zero-order chi connectivity index (χ0) is 21.3. The largest absolute Gasteiger partial charge is 0.325 e. The first-order valence-corrected chi connectivity index (χ1v) is 12.5. The summed E-state index contributed by atoms with van der Waals surface area (Å²) in [5, 5.41) is 2.81. The lowest BCUT2D eigenvalue weighted by Gasteiger charge is -2.24. The lowest BCUT2D eigenvalue weighted by molar-refractivity contribution is -0.120. The molecule has 2 aromatic rings. The Kier molecular flexibility index (Phi) is 5.84. The average Bonchev–Trinajstić information content (AvgIpc) is 3.00. The first-order valence-electron chi connectivity index (χ1n) is 9.19. The topological polar surface area (TPSA) is 109 Å². The van der Waals surface area contributed by atoms with Gasteiger partial charge in [0.25, 0.3) is 0 Å². The molecule has 1 heterocycles. The maximum atomic E-state index is 12.7. The summed E-state index contributed by atoms with van der Waals surface area (Å²) in [7, 11) is -7.02. The minimum atomic E-state index is -3.84. The van der Waals surface area contributed by atoms with Crippen molar-refractivity contribution in [1.29, 1.82) is 0 Å². The van der Waals surface area contributed by atoms with Crippen molar-refractivity contribution in [3.05, 3.63) is 60.2 Å². The van der Waals surface area contributed by atoms with E-state index in [-0.39, 0.29) is 28.7 Å². The Balaban J connectivity index is 1.69. The fraction of sp³-hybridized carbons (Fsp3) is 0.350. The summed E-state index contributed by atoms with van der Waals surface area (Å²) in [5.41, 5.74) is 0.579. The number of nitrogens with one attached hydrogen (secondary N) is 2. The van der Waals surface area contributed by atoms with Gasteiger partial charge < -0.3 is 5.32 Å². The van der Waals surface area contributed by atoms with E-state index in [0.29, 0.717) is 5.69 Å². The molecule has 0 bridgehead atoms. The molecule has 1 atom stereocenters. The van der Waals surface area contributed by atoms with Crippen LogP contribution in [-0.2, 0) is 30.1 Å². The first-order chi connectivity index (χ1) is 13.5. The number of amides is 1. The SMILES string of the molecule is CC(C)(C(=O)Nc1ccc(S(=O)(=O)N[C@H]2CCS(=O)(=O)C2)cc1)c1ccccc1. The number of hydrogen-bond acceptors (Lipinski definition) is 5. The van der Waals surface area contributed by atoms with Crippen LogP contribution >= 0.6 is 0 Å². The second-order valence-electron chi connectivity index (χ2n) is 7.69. The maximum Gasteiger partial charge on any atom is 0.240 e. The van der Waals surface area contributed by atoms with Crippen molar-refractivity contribution in [2.75, 3.05) is 16.8 Å². The highest BCUT2D eigenvalue weighted by atomic mass is 32.2. The predicted octanol–water partition coefficient (Wildman–Crippen LogP) is 2.07. The molecule has 0 saturated carbocycles. The molecule has 0 aromatic heterocycles. The van der Waals surface area contributed by atoms with Gasteiger partial charge in [0.1, 0.15) is 0 Å². The highest BCUT2D eigenvalue weighted by molar-refractivity contribution is 7.92. The average molecular weight is 437 g/mol. The van der Waals surface area contributed by atoms with Crippen LogP contribution in [0.1, 0.15) is 25.8 Å². The van der Waals surface area contributed by atoms with Crippen molar-refractivity contribution >= 4 is 31.5 Å². The van der Waals surface area contributed by atoms with Crippen molar-refractivity contribution in [1.82, 2.24) is 4.72 Å². The Labute approximate surface area is 171 Å². The van der Waals surface area contributed by atoms with Gasteiger partial charge in [-0.05, 0) is 50.1 Å². The van der Waals surface area contributed by atoms with Crippen LogP contribution in [0.3, 0.4) is 0 Å². The van der Waals surface area contributed by atoms with Crippen LogP contribution in [-0.4, -0.2) is 40.3 Å². The van der Waals surface area contributed by atoms with Crippen LogP contribution < -0.4 is 10.0 Å². The normalized spacial score (nSPS) is 19.0. The maximum absolute atomic E-state index is 12.7. The number of carbonyl (C=O) groups excluding carboxylic acids is 1. The van der Waals surface area contributed by atoms with E-state index < -0.39 is 31.3 Å². The molecule has 1 aliphatic heterocycles. The van der Waals surface area contributed by atoms with E-state index in [1.807, 2.05) is 44.2 Å².